The van der Waals surface area contributed by atoms with Crippen LogP contribution in [0.5, 0.6) is 11.6 Å². The first-order valence-corrected chi connectivity index (χ1v) is 5.64. The Hall–Kier alpha value is -1.78. The molecule has 0 aromatic carbocycles. The van der Waals surface area contributed by atoms with Crippen molar-refractivity contribution >= 4 is 5.97 Å². The second-order valence-electron chi connectivity index (χ2n) is 4.29. The third kappa shape index (κ3) is 3.09. The number of aromatic nitrogens is 1. The molecule has 92 valence electrons. The number of rotatable bonds is 5. The SMILES string of the molecule is CC(C)Oc1ccc(OC2CC2)c(C(=O)O)n1. The highest BCUT2D eigenvalue weighted by Crippen LogP contribution is 2.29. The Balaban J connectivity index is 2.23. The van der Waals surface area contributed by atoms with Crippen molar-refractivity contribution < 1.29 is 19.4 Å². The van der Waals surface area contributed by atoms with Crippen LogP contribution in [0.1, 0.15) is 37.2 Å². The number of carbonyl (C=O) groups is 1. The number of hydrogen-bond donors (Lipinski definition) is 1. The average Bonchev–Trinajstić information content (AvgIpc) is 3.03. The number of carboxylic acids is 1. The van der Waals surface area contributed by atoms with Gasteiger partial charge in [0.1, 0.15) is 0 Å². The molecule has 1 heterocycles. The van der Waals surface area contributed by atoms with Crippen LogP contribution in [0, 0.1) is 0 Å². The van der Waals surface area contributed by atoms with Gasteiger partial charge in [-0.3, -0.25) is 0 Å². The molecule has 0 aliphatic heterocycles. The summed E-state index contributed by atoms with van der Waals surface area (Å²) in [6.45, 7) is 3.72. The molecule has 0 amide bonds. The van der Waals surface area contributed by atoms with E-state index in [9.17, 15) is 4.79 Å². The number of hydrogen-bond acceptors (Lipinski definition) is 4. The molecule has 0 spiro atoms. The summed E-state index contributed by atoms with van der Waals surface area (Å²) in [4.78, 5) is 15.0. The van der Waals surface area contributed by atoms with Crippen molar-refractivity contribution in [2.24, 2.45) is 0 Å². The Morgan fingerprint density at radius 1 is 1.47 bits per heavy atom. The van der Waals surface area contributed by atoms with E-state index in [0.717, 1.165) is 12.8 Å². The van der Waals surface area contributed by atoms with Gasteiger partial charge in [0.05, 0.1) is 12.2 Å². The minimum absolute atomic E-state index is 0.0423. The maximum absolute atomic E-state index is 11.1. The number of carboxylic acid groups (broad SMARTS) is 1. The molecule has 0 radical (unpaired) electrons. The van der Waals surface area contributed by atoms with E-state index in [1.165, 1.54) is 0 Å². The summed E-state index contributed by atoms with van der Waals surface area (Å²) in [7, 11) is 0. The minimum Gasteiger partial charge on any atom is -0.488 e. The molecular weight excluding hydrogens is 222 g/mol. The smallest absolute Gasteiger partial charge is 0.358 e. The molecule has 1 saturated carbocycles. The Labute approximate surface area is 99.4 Å². The zero-order valence-electron chi connectivity index (χ0n) is 9.84. The van der Waals surface area contributed by atoms with Crippen LogP contribution in [-0.4, -0.2) is 28.3 Å². The summed E-state index contributed by atoms with van der Waals surface area (Å²) >= 11 is 0. The van der Waals surface area contributed by atoms with Gasteiger partial charge in [-0.1, -0.05) is 0 Å². The summed E-state index contributed by atoms with van der Waals surface area (Å²) in [5, 5.41) is 9.06. The zero-order valence-corrected chi connectivity index (χ0v) is 9.84. The average molecular weight is 237 g/mol. The van der Waals surface area contributed by atoms with Crippen LogP contribution in [0.3, 0.4) is 0 Å². The van der Waals surface area contributed by atoms with E-state index >= 15 is 0 Å². The maximum Gasteiger partial charge on any atom is 0.358 e. The fourth-order valence-corrected chi connectivity index (χ4v) is 1.35. The second kappa shape index (κ2) is 4.61. The van der Waals surface area contributed by atoms with E-state index < -0.39 is 5.97 Å². The van der Waals surface area contributed by atoms with Crippen LogP contribution in [0.15, 0.2) is 12.1 Å². The van der Waals surface area contributed by atoms with Gasteiger partial charge in [0, 0.05) is 6.07 Å². The highest BCUT2D eigenvalue weighted by molar-refractivity contribution is 5.88. The highest BCUT2D eigenvalue weighted by atomic mass is 16.5. The molecule has 0 saturated heterocycles. The molecule has 1 aromatic heterocycles. The number of aromatic carboxylic acids is 1. The van der Waals surface area contributed by atoms with E-state index in [-0.39, 0.29) is 17.9 Å². The third-order valence-corrected chi connectivity index (χ3v) is 2.21. The van der Waals surface area contributed by atoms with Crippen LogP contribution >= 0.6 is 0 Å². The molecule has 17 heavy (non-hydrogen) atoms. The lowest BCUT2D eigenvalue weighted by Crippen LogP contribution is -2.11. The topological polar surface area (TPSA) is 68.7 Å². The first-order chi connectivity index (χ1) is 8.06. The summed E-state index contributed by atoms with van der Waals surface area (Å²) in [6.07, 6.45) is 2.05. The largest absolute Gasteiger partial charge is 0.488 e. The predicted octanol–water partition coefficient (Wildman–Crippen LogP) is 2.11. The van der Waals surface area contributed by atoms with E-state index in [1.54, 1.807) is 12.1 Å². The quantitative estimate of drug-likeness (QED) is 0.849. The molecule has 5 heteroatoms. The standard InChI is InChI=1S/C12H15NO4/c1-7(2)16-10-6-5-9(17-8-3-4-8)11(13-10)12(14)15/h5-8H,3-4H2,1-2H3,(H,14,15). The molecular formula is C12H15NO4. The van der Waals surface area contributed by atoms with Gasteiger partial charge in [-0.05, 0) is 32.8 Å². The molecule has 1 N–H and O–H groups in total. The molecule has 0 atom stereocenters. The van der Waals surface area contributed by atoms with Crippen molar-refractivity contribution in [2.45, 2.75) is 38.9 Å². The second-order valence-corrected chi connectivity index (χ2v) is 4.29. The Bertz CT molecular complexity index is 427. The Morgan fingerprint density at radius 3 is 2.71 bits per heavy atom. The molecule has 1 aliphatic carbocycles. The van der Waals surface area contributed by atoms with E-state index in [2.05, 4.69) is 4.98 Å². The van der Waals surface area contributed by atoms with Crippen molar-refractivity contribution in [1.82, 2.24) is 4.98 Å². The van der Waals surface area contributed by atoms with E-state index in [0.29, 0.717) is 11.6 Å². The van der Waals surface area contributed by atoms with Crippen LogP contribution in [0.4, 0.5) is 0 Å². The molecule has 1 aromatic rings. The third-order valence-electron chi connectivity index (χ3n) is 2.21. The fourth-order valence-electron chi connectivity index (χ4n) is 1.35. The molecule has 1 aliphatic rings. The van der Waals surface area contributed by atoms with Crippen molar-refractivity contribution in [1.29, 1.82) is 0 Å². The summed E-state index contributed by atoms with van der Waals surface area (Å²) in [5.74, 6) is -0.480. The summed E-state index contributed by atoms with van der Waals surface area (Å²) < 4.78 is 10.8. The van der Waals surface area contributed by atoms with Gasteiger partial charge in [0.25, 0.3) is 0 Å². The fraction of sp³-hybridized carbons (Fsp3) is 0.500. The van der Waals surface area contributed by atoms with Gasteiger partial charge in [-0.15, -0.1) is 0 Å². The molecule has 0 bridgehead atoms. The molecule has 5 nitrogen and oxygen atoms in total. The van der Waals surface area contributed by atoms with Gasteiger partial charge in [0.2, 0.25) is 5.88 Å². The molecule has 0 unspecified atom stereocenters. The Morgan fingerprint density at radius 2 is 2.18 bits per heavy atom. The van der Waals surface area contributed by atoms with Crippen molar-refractivity contribution in [3.8, 4) is 11.6 Å². The summed E-state index contributed by atoms with van der Waals surface area (Å²) in [5.41, 5.74) is -0.0879. The van der Waals surface area contributed by atoms with Gasteiger partial charge in [-0.25, -0.2) is 9.78 Å². The maximum atomic E-state index is 11.1. The zero-order chi connectivity index (χ0) is 12.4. The van der Waals surface area contributed by atoms with Crippen molar-refractivity contribution in [3.63, 3.8) is 0 Å². The van der Waals surface area contributed by atoms with Crippen LogP contribution in [0.25, 0.3) is 0 Å². The number of ether oxygens (including phenoxy) is 2. The van der Waals surface area contributed by atoms with Gasteiger partial charge in [0.15, 0.2) is 11.4 Å². The lowest BCUT2D eigenvalue weighted by molar-refractivity contribution is 0.0682. The van der Waals surface area contributed by atoms with Gasteiger partial charge < -0.3 is 14.6 Å². The van der Waals surface area contributed by atoms with E-state index in [1.807, 2.05) is 13.8 Å². The summed E-state index contributed by atoms with van der Waals surface area (Å²) in [6, 6.07) is 3.23. The Kier molecular flexibility index (Phi) is 3.17. The number of nitrogens with zero attached hydrogens (tertiary/aromatic N) is 1. The minimum atomic E-state index is -1.10. The van der Waals surface area contributed by atoms with Crippen LogP contribution in [0.2, 0.25) is 0 Å². The number of pyridine rings is 1. The van der Waals surface area contributed by atoms with Crippen LogP contribution in [-0.2, 0) is 0 Å². The predicted molar refractivity (Wildman–Crippen MR) is 60.6 cm³/mol. The van der Waals surface area contributed by atoms with Gasteiger partial charge >= 0.3 is 5.97 Å². The van der Waals surface area contributed by atoms with Gasteiger partial charge in [-0.2, -0.15) is 0 Å². The first-order valence-electron chi connectivity index (χ1n) is 5.64. The van der Waals surface area contributed by atoms with Crippen molar-refractivity contribution in [3.05, 3.63) is 17.8 Å². The normalized spacial score (nSPS) is 14.8. The van der Waals surface area contributed by atoms with E-state index in [4.69, 9.17) is 14.6 Å². The lowest BCUT2D eigenvalue weighted by atomic mass is 10.3. The highest BCUT2D eigenvalue weighted by Gasteiger charge is 2.26. The van der Waals surface area contributed by atoms with Crippen LogP contribution < -0.4 is 9.47 Å². The lowest BCUT2D eigenvalue weighted by Gasteiger charge is -2.11. The molecule has 1 fully saturated rings. The monoisotopic (exact) mass is 237 g/mol. The van der Waals surface area contributed by atoms with Crippen molar-refractivity contribution in [2.75, 3.05) is 0 Å². The first kappa shape index (κ1) is 11.7. The molecule has 2 rings (SSSR count).